The van der Waals surface area contributed by atoms with Crippen molar-refractivity contribution in [2.75, 3.05) is 4.72 Å². The number of aryl methyl sites for hydroxylation is 1. The van der Waals surface area contributed by atoms with Gasteiger partial charge in [0.05, 0.1) is 16.5 Å². The van der Waals surface area contributed by atoms with Crippen molar-refractivity contribution in [1.29, 1.82) is 0 Å². The van der Waals surface area contributed by atoms with Gasteiger partial charge in [0.15, 0.2) is 0 Å². The first-order valence-corrected chi connectivity index (χ1v) is 8.51. The lowest BCUT2D eigenvalue weighted by Gasteiger charge is -2.08. The van der Waals surface area contributed by atoms with E-state index in [2.05, 4.69) is 14.9 Å². The van der Waals surface area contributed by atoms with Crippen LogP contribution in [-0.2, 0) is 10.0 Å². The van der Waals surface area contributed by atoms with Gasteiger partial charge in [-0.2, -0.15) is 0 Å². The van der Waals surface area contributed by atoms with Crippen molar-refractivity contribution in [3.05, 3.63) is 55.9 Å². The van der Waals surface area contributed by atoms with Crippen LogP contribution < -0.4 is 15.8 Å². The van der Waals surface area contributed by atoms with Crippen LogP contribution in [-0.4, -0.2) is 18.6 Å². The number of anilines is 1. The maximum absolute atomic E-state index is 12.4. The second-order valence-electron chi connectivity index (χ2n) is 4.61. The predicted molar refractivity (Wildman–Crippen MR) is 85.1 cm³/mol. The van der Waals surface area contributed by atoms with Crippen LogP contribution in [0.1, 0.15) is 4.88 Å². The Kier molecular flexibility index (Phi) is 3.38. The Bertz CT molecular complexity index is 1080. The standard InChI is InChI=1S/C13H11N3O4S2/c1-7-5-6-10(21-7)22(19,20)16-9-4-2-3-8-11(9)13(18)15-14-12(8)17/h2-6,16H,1H3,(H,14,17)(H,15,18). The maximum atomic E-state index is 12.4. The summed E-state index contributed by atoms with van der Waals surface area (Å²) in [6.45, 7) is 1.80. The second kappa shape index (κ2) is 5.11. The summed E-state index contributed by atoms with van der Waals surface area (Å²) in [6, 6.07) is 7.59. The average Bonchev–Trinajstić information content (AvgIpc) is 2.90. The number of hydrogen-bond acceptors (Lipinski definition) is 5. The zero-order valence-corrected chi connectivity index (χ0v) is 13.0. The highest BCUT2D eigenvalue weighted by Gasteiger charge is 2.18. The summed E-state index contributed by atoms with van der Waals surface area (Å²) < 4.78 is 27.2. The van der Waals surface area contributed by atoms with Crippen LogP contribution in [0.3, 0.4) is 0 Å². The molecule has 2 aromatic heterocycles. The van der Waals surface area contributed by atoms with Crippen LogP contribution >= 0.6 is 11.3 Å². The summed E-state index contributed by atoms with van der Waals surface area (Å²) in [5, 5.41) is 4.51. The van der Waals surface area contributed by atoms with Gasteiger partial charge in [0.1, 0.15) is 4.21 Å². The van der Waals surface area contributed by atoms with Crippen LogP contribution in [0.15, 0.2) is 44.1 Å². The molecule has 3 aromatic rings. The predicted octanol–water partition coefficient (Wildman–Crippen LogP) is 1.39. The van der Waals surface area contributed by atoms with E-state index < -0.39 is 21.1 Å². The quantitative estimate of drug-likeness (QED) is 0.670. The third-order valence-corrected chi connectivity index (χ3v) is 5.91. The van der Waals surface area contributed by atoms with E-state index in [0.717, 1.165) is 16.2 Å². The molecule has 0 amide bonds. The van der Waals surface area contributed by atoms with E-state index in [-0.39, 0.29) is 20.7 Å². The van der Waals surface area contributed by atoms with E-state index in [4.69, 9.17) is 0 Å². The van der Waals surface area contributed by atoms with E-state index in [1.165, 1.54) is 24.3 Å². The summed E-state index contributed by atoms with van der Waals surface area (Å²) in [4.78, 5) is 24.5. The number of H-pyrrole nitrogens is 2. The molecule has 0 spiro atoms. The van der Waals surface area contributed by atoms with E-state index in [1.807, 2.05) is 0 Å². The molecule has 0 aliphatic carbocycles. The number of nitrogens with one attached hydrogen (secondary N) is 3. The smallest absolute Gasteiger partial charge is 0.272 e. The largest absolute Gasteiger partial charge is 0.278 e. The zero-order chi connectivity index (χ0) is 15.9. The minimum atomic E-state index is -3.81. The Hall–Kier alpha value is -2.39. The molecular weight excluding hydrogens is 326 g/mol. The van der Waals surface area contributed by atoms with Gasteiger partial charge < -0.3 is 0 Å². The summed E-state index contributed by atoms with van der Waals surface area (Å²) in [5.74, 6) is 0. The molecule has 0 atom stereocenters. The van der Waals surface area contributed by atoms with Gasteiger partial charge in [-0.05, 0) is 31.2 Å². The van der Waals surface area contributed by atoms with Crippen LogP contribution in [0.2, 0.25) is 0 Å². The number of thiophene rings is 1. The monoisotopic (exact) mass is 337 g/mol. The minimum absolute atomic E-state index is 0.00287. The Balaban J connectivity index is 2.18. The van der Waals surface area contributed by atoms with Gasteiger partial charge in [-0.25, -0.2) is 8.42 Å². The van der Waals surface area contributed by atoms with Gasteiger partial charge in [0.2, 0.25) is 0 Å². The van der Waals surface area contributed by atoms with Gasteiger partial charge >= 0.3 is 0 Å². The van der Waals surface area contributed by atoms with Gasteiger partial charge in [-0.1, -0.05) is 6.07 Å². The number of sulfonamides is 1. The first kappa shape index (κ1) is 14.5. The Morgan fingerprint density at radius 1 is 1.05 bits per heavy atom. The molecule has 0 aliphatic rings. The van der Waals surface area contributed by atoms with Crippen LogP contribution in [0.4, 0.5) is 5.69 Å². The Labute approximate surface area is 128 Å². The highest BCUT2D eigenvalue weighted by molar-refractivity contribution is 7.94. The number of benzene rings is 1. The molecule has 7 nitrogen and oxygen atoms in total. The highest BCUT2D eigenvalue weighted by Crippen LogP contribution is 2.25. The summed E-state index contributed by atoms with van der Waals surface area (Å²) in [6.07, 6.45) is 0. The lowest BCUT2D eigenvalue weighted by molar-refractivity contribution is 0.603. The van der Waals surface area contributed by atoms with Crippen molar-refractivity contribution in [1.82, 2.24) is 10.2 Å². The highest BCUT2D eigenvalue weighted by atomic mass is 32.2. The van der Waals surface area contributed by atoms with Crippen molar-refractivity contribution < 1.29 is 8.42 Å². The number of rotatable bonds is 3. The van der Waals surface area contributed by atoms with Gasteiger partial charge in [0, 0.05) is 4.88 Å². The van der Waals surface area contributed by atoms with Crippen molar-refractivity contribution in [3.8, 4) is 0 Å². The van der Waals surface area contributed by atoms with Crippen LogP contribution in [0.5, 0.6) is 0 Å². The summed E-state index contributed by atoms with van der Waals surface area (Å²) in [7, 11) is -3.81. The fourth-order valence-corrected chi connectivity index (χ4v) is 4.42. The lowest BCUT2D eigenvalue weighted by Crippen LogP contribution is -2.21. The fraction of sp³-hybridized carbons (Fsp3) is 0.0769. The molecule has 0 aliphatic heterocycles. The molecule has 0 radical (unpaired) electrons. The van der Waals surface area contributed by atoms with E-state index in [0.29, 0.717) is 0 Å². The minimum Gasteiger partial charge on any atom is -0.278 e. The third-order valence-electron chi connectivity index (χ3n) is 3.05. The molecule has 9 heteroatoms. The molecular formula is C13H11N3O4S2. The summed E-state index contributed by atoms with van der Waals surface area (Å²) in [5.41, 5.74) is -1.01. The Morgan fingerprint density at radius 3 is 2.45 bits per heavy atom. The topological polar surface area (TPSA) is 112 Å². The molecule has 3 rings (SSSR count). The van der Waals surface area contributed by atoms with Crippen LogP contribution in [0.25, 0.3) is 10.8 Å². The fourth-order valence-electron chi connectivity index (χ4n) is 2.07. The van der Waals surface area contributed by atoms with E-state index >= 15 is 0 Å². The molecule has 1 aromatic carbocycles. The van der Waals surface area contributed by atoms with E-state index in [9.17, 15) is 18.0 Å². The van der Waals surface area contributed by atoms with Crippen molar-refractivity contribution >= 4 is 37.8 Å². The number of fused-ring (bicyclic) bond motifs is 1. The van der Waals surface area contributed by atoms with Crippen molar-refractivity contribution in [2.45, 2.75) is 11.1 Å². The maximum Gasteiger partial charge on any atom is 0.272 e. The molecule has 0 saturated heterocycles. The number of aromatic amines is 2. The van der Waals surface area contributed by atoms with Crippen LogP contribution in [0, 0.1) is 6.92 Å². The average molecular weight is 337 g/mol. The molecule has 2 heterocycles. The van der Waals surface area contributed by atoms with Gasteiger partial charge in [-0.15, -0.1) is 11.3 Å². The molecule has 3 N–H and O–H groups in total. The first-order valence-electron chi connectivity index (χ1n) is 6.21. The van der Waals surface area contributed by atoms with Crippen molar-refractivity contribution in [2.24, 2.45) is 0 Å². The lowest BCUT2D eigenvalue weighted by atomic mass is 10.2. The second-order valence-corrected chi connectivity index (χ2v) is 7.80. The number of aromatic nitrogens is 2. The molecule has 114 valence electrons. The SMILES string of the molecule is Cc1ccc(S(=O)(=O)Nc2cccc3c(=O)[nH][nH]c(=O)c23)s1. The zero-order valence-electron chi connectivity index (χ0n) is 11.3. The number of hydrogen-bond donors (Lipinski definition) is 3. The molecule has 0 bridgehead atoms. The molecule has 0 unspecified atom stereocenters. The summed E-state index contributed by atoms with van der Waals surface area (Å²) >= 11 is 1.12. The van der Waals surface area contributed by atoms with Crippen molar-refractivity contribution in [3.63, 3.8) is 0 Å². The van der Waals surface area contributed by atoms with Gasteiger partial charge in [0.25, 0.3) is 21.1 Å². The van der Waals surface area contributed by atoms with Gasteiger partial charge in [-0.3, -0.25) is 24.5 Å². The van der Waals surface area contributed by atoms with E-state index in [1.54, 1.807) is 13.0 Å². The molecule has 0 fully saturated rings. The Morgan fingerprint density at radius 2 is 1.77 bits per heavy atom. The molecule has 0 saturated carbocycles. The first-order chi connectivity index (χ1) is 10.4. The normalized spacial score (nSPS) is 11.7. The molecule has 22 heavy (non-hydrogen) atoms. The third kappa shape index (κ3) is 2.44.